The minimum absolute atomic E-state index is 0.0814. The number of hydrazine groups is 1. The van der Waals surface area contributed by atoms with E-state index in [2.05, 4.69) is 30.9 Å². The lowest BCUT2D eigenvalue weighted by Gasteiger charge is -2.18. The Hall–Kier alpha value is -0.960. The molecule has 1 atom stereocenters. The number of halogens is 3. The Morgan fingerprint density at radius 1 is 1.35 bits per heavy atom. The number of rotatable bonds is 4. The number of nitrogens with one attached hydrogen (secondary N) is 1. The third kappa shape index (κ3) is 2.73. The normalized spacial score (nSPS) is 12.9. The average molecular weight is 363 g/mol. The SMILES string of the molecule is CC(C)c1nnsc1C(NN)c1c(F)ccc(Br)c1F. The first-order valence-electron chi connectivity index (χ1n) is 5.89. The molecule has 108 valence electrons. The molecule has 20 heavy (non-hydrogen) atoms. The molecule has 0 aliphatic heterocycles. The van der Waals surface area contributed by atoms with E-state index in [1.807, 2.05) is 13.8 Å². The monoisotopic (exact) mass is 362 g/mol. The highest BCUT2D eigenvalue weighted by atomic mass is 79.9. The molecule has 1 aromatic carbocycles. The van der Waals surface area contributed by atoms with Crippen LogP contribution in [0.25, 0.3) is 0 Å². The van der Waals surface area contributed by atoms with E-state index < -0.39 is 17.7 Å². The molecule has 0 saturated carbocycles. The first kappa shape index (κ1) is 15.4. The summed E-state index contributed by atoms with van der Waals surface area (Å²) in [6, 6.07) is 1.68. The summed E-state index contributed by atoms with van der Waals surface area (Å²) in [5.41, 5.74) is 2.99. The third-order valence-electron chi connectivity index (χ3n) is 2.88. The van der Waals surface area contributed by atoms with Crippen LogP contribution in [-0.2, 0) is 0 Å². The molecule has 2 aromatic rings. The summed E-state index contributed by atoms with van der Waals surface area (Å²) in [4.78, 5) is 0.610. The molecule has 0 aliphatic carbocycles. The maximum absolute atomic E-state index is 14.2. The van der Waals surface area contributed by atoms with E-state index in [-0.39, 0.29) is 16.0 Å². The highest BCUT2D eigenvalue weighted by molar-refractivity contribution is 9.10. The van der Waals surface area contributed by atoms with Gasteiger partial charge in [-0.3, -0.25) is 5.84 Å². The average Bonchev–Trinajstić information content (AvgIpc) is 2.88. The second kappa shape index (κ2) is 6.21. The molecule has 2 rings (SSSR count). The molecule has 4 nitrogen and oxygen atoms in total. The topological polar surface area (TPSA) is 63.8 Å². The van der Waals surface area contributed by atoms with Gasteiger partial charge in [0.05, 0.1) is 21.1 Å². The molecule has 0 spiro atoms. The largest absolute Gasteiger partial charge is 0.271 e. The summed E-state index contributed by atoms with van der Waals surface area (Å²) < 4.78 is 32.2. The van der Waals surface area contributed by atoms with Crippen molar-refractivity contribution in [3.05, 3.63) is 44.4 Å². The Morgan fingerprint density at radius 3 is 2.65 bits per heavy atom. The second-order valence-electron chi connectivity index (χ2n) is 4.53. The molecule has 0 radical (unpaired) electrons. The molecule has 1 unspecified atom stereocenters. The Morgan fingerprint density at radius 2 is 2.05 bits per heavy atom. The fraction of sp³-hybridized carbons (Fsp3) is 0.333. The molecule has 1 heterocycles. The molecule has 3 N–H and O–H groups in total. The summed E-state index contributed by atoms with van der Waals surface area (Å²) >= 11 is 4.13. The van der Waals surface area contributed by atoms with Crippen LogP contribution in [0.1, 0.15) is 41.9 Å². The fourth-order valence-corrected chi connectivity index (χ4v) is 3.13. The van der Waals surface area contributed by atoms with Gasteiger partial charge in [0, 0.05) is 5.56 Å². The molecular formula is C12H13BrF2N4S. The van der Waals surface area contributed by atoms with Gasteiger partial charge in [-0.1, -0.05) is 18.3 Å². The number of benzene rings is 1. The van der Waals surface area contributed by atoms with Gasteiger partial charge < -0.3 is 0 Å². The van der Waals surface area contributed by atoms with Crippen LogP contribution >= 0.6 is 27.5 Å². The van der Waals surface area contributed by atoms with Crippen LogP contribution in [0.3, 0.4) is 0 Å². The van der Waals surface area contributed by atoms with Gasteiger partial charge in [-0.05, 0) is 45.5 Å². The van der Waals surface area contributed by atoms with E-state index in [9.17, 15) is 8.78 Å². The molecule has 0 bridgehead atoms. The predicted molar refractivity (Wildman–Crippen MR) is 77.2 cm³/mol. The maximum atomic E-state index is 14.2. The lowest BCUT2D eigenvalue weighted by molar-refractivity contribution is 0.507. The Kier molecular flexibility index (Phi) is 4.79. The molecular weight excluding hydrogens is 350 g/mol. The van der Waals surface area contributed by atoms with Crippen LogP contribution in [0.15, 0.2) is 16.6 Å². The third-order valence-corrected chi connectivity index (χ3v) is 4.30. The summed E-state index contributed by atoms with van der Waals surface area (Å²) in [5.74, 6) is 4.23. The van der Waals surface area contributed by atoms with E-state index >= 15 is 0 Å². The smallest absolute Gasteiger partial charge is 0.145 e. The summed E-state index contributed by atoms with van der Waals surface area (Å²) in [6.45, 7) is 3.86. The van der Waals surface area contributed by atoms with Crippen LogP contribution in [0.5, 0.6) is 0 Å². The van der Waals surface area contributed by atoms with Crippen molar-refractivity contribution in [1.29, 1.82) is 0 Å². The van der Waals surface area contributed by atoms with Gasteiger partial charge in [-0.2, -0.15) is 0 Å². The van der Waals surface area contributed by atoms with Gasteiger partial charge in [0.25, 0.3) is 0 Å². The van der Waals surface area contributed by atoms with Crippen LogP contribution in [0.4, 0.5) is 8.78 Å². The zero-order valence-electron chi connectivity index (χ0n) is 10.8. The van der Waals surface area contributed by atoms with Crippen LogP contribution < -0.4 is 11.3 Å². The second-order valence-corrected chi connectivity index (χ2v) is 6.17. The van der Waals surface area contributed by atoms with Crippen molar-refractivity contribution in [3.8, 4) is 0 Å². The zero-order chi connectivity index (χ0) is 14.9. The molecule has 0 saturated heterocycles. The van der Waals surface area contributed by atoms with E-state index in [0.717, 1.165) is 11.5 Å². The Labute approximate surface area is 127 Å². The van der Waals surface area contributed by atoms with Crippen LogP contribution in [0.2, 0.25) is 0 Å². The summed E-state index contributed by atoms with van der Waals surface area (Å²) in [5, 5.41) is 4.01. The maximum Gasteiger partial charge on any atom is 0.145 e. The minimum atomic E-state index is -0.829. The summed E-state index contributed by atoms with van der Waals surface area (Å²) in [6.07, 6.45) is 0. The van der Waals surface area contributed by atoms with Gasteiger partial charge in [0.15, 0.2) is 0 Å². The quantitative estimate of drug-likeness (QED) is 0.497. The standard InChI is InChI=1S/C12H13BrF2N4S/c1-5(2)10-12(20-19-18-10)11(17-16)8-7(14)4-3-6(13)9(8)15/h3-5,11,17H,16H2,1-2H3. The number of nitrogens with zero attached hydrogens (tertiary/aromatic N) is 2. The van der Waals surface area contributed by atoms with E-state index in [0.29, 0.717) is 10.6 Å². The van der Waals surface area contributed by atoms with Gasteiger partial charge in [-0.15, -0.1) is 5.10 Å². The van der Waals surface area contributed by atoms with Crippen molar-refractivity contribution in [1.82, 2.24) is 15.0 Å². The van der Waals surface area contributed by atoms with Gasteiger partial charge in [0.2, 0.25) is 0 Å². The number of hydrogen-bond acceptors (Lipinski definition) is 5. The van der Waals surface area contributed by atoms with E-state index in [1.54, 1.807) is 0 Å². The van der Waals surface area contributed by atoms with Gasteiger partial charge in [-0.25, -0.2) is 14.2 Å². The van der Waals surface area contributed by atoms with E-state index in [1.165, 1.54) is 12.1 Å². The number of nitrogens with two attached hydrogens (primary N) is 1. The van der Waals surface area contributed by atoms with Crippen molar-refractivity contribution in [2.24, 2.45) is 5.84 Å². The number of aromatic nitrogens is 2. The first-order chi connectivity index (χ1) is 9.47. The van der Waals surface area contributed by atoms with Crippen molar-refractivity contribution in [2.45, 2.75) is 25.8 Å². The predicted octanol–water partition coefficient (Wildman–Crippen LogP) is 3.25. The van der Waals surface area contributed by atoms with Gasteiger partial charge >= 0.3 is 0 Å². The van der Waals surface area contributed by atoms with E-state index in [4.69, 9.17) is 5.84 Å². The fourth-order valence-electron chi connectivity index (χ4n) is 1.90. The lowest BCUT2D eigenvalue weighted by atomic mass is 10.00. The highest BCUT2D eigenvalue weighted by Gasteiger charge is 2.28. The van der Waals surface area contributed by atoms with Crippen molar-refractivity contribution in [2.75, 3.05) is 0 Å². The molecule has 8 heteroatoms. The lowest BCUT2D eigenvalue weighted by Crippen LogP contribution is -2.30. The van der Waals surface area contributed by atoms with Gasteiger partial charge in [0.1, 0.15) is 11.6 Å². The minimum Gasteiger partial charge on any atom is -0.271 e. The number of hydrogen-bond donors (Lipinski definition) is 2. The Bertz CT molecular complexity index is 617. The molecule has 0 fully saturated rings. The van der Waals surface area contributed by atoms with Crippen LogP contribution in [-0.4, -0.2) is 9.59 Å². The highest BCUT2D eigenvalue weighted by Crippen LogP contribution is 2.34. The zero-order valence-corrected chi connectivity index (χ0v) is 13.2. The molecule has 1 aromatic heterocycles. The summed E-state index contributed by atoms with van der Waals surface area (Å²) in [7, 11) is 0. The van der Waals surface area contributed by atoms with Crippen molar-refractivity contribution < 1.29 is 8.78 Å². The molecule has 0 aliphatic rings. The van der Waals surface area contributed by atoms with Crippen LogP contribution in [0, 0.1) is 11.6 Å². The Balaban J connectivity index is 2.59. The first-order valence-corrected chi connectivity index (χ1v) is 7.45. The molecule has 0 amide bonds. The van der Waals surface area contributed by atoms with Crippen molar-refractivity contribution in [3.63, 3.8) is 0 Å². The van der Waals surface area contributed by atoms with Crippen molar-refractivity contribution >= 4 is 27.5 Å².